The highest BCUT2D eigenvalue weighted by Crippen LogP contribution is 2.22. The van der Waals surface area contributed by atoms with Gasteiger partial charge >= 0.3 is 5.97 Å². The molecule has 1 aromatic heterocycles. The minimum atomic E-state index is -0.496. The summed E-state index contributed by atoms with van der Waals surface area (Å²) < 4.78 is 4.55. The van der Waals surface area contributed by atoms with E-state index in [0.717, 1.165) is 19.4 Å². The van der Waals surface area contributed by atoms with E-state index in [1.807, 2.05) is 4.90 Å². The average molecular weight is 237 g/mol. The van der Waals surface area contributed by atoms with Crippen LogP contribution in [0.25, 0.3) is 0 Å². The molecule has 0 amide bonds. The number of rotatable bonds is 3. The number of hydrogen-bond donors (Lipinski definition) is 1. The van der Waals surface area contributed by atoms with Gasteiger partial charge in [0.15, 0.2) is 11.5 Å². The van der Waals surface area contributed by atoms with Gasteiger partial charge in [0.05, 0.1) is 19.8 Å². The molecule has 0 saturated carbocycles. The molecule has 1 saturated heterocycles. The van der Waals surface area contributed by atoms with Crippen LogP contribution in [0, 0.1) is 0 Å². The summed E-state index contributed by atoms with van der Waals surface area (Å²) in [6, 6.07) is 3.42. The number of nitrogens with zero attached hydrogens (tertiary/aromatic N) is 3. The third-order valence-corrected chi connectivity index (χ3v) is 2.93. The van der Waals surface area contributed by atoms with Gasteiger partial charge in [0.2, 0.25) is 0 Å². The third kappa shape index (κ3) is 2.36. The van der Waals surface area contributed by atoms with E-state index in [-0.39, 0.29) is 18.3 Å². The summed E-state index contributed by atoms with van der Waals surface area (Å²) >= 11 is 0. The fourth-order valence-electron chi connectivity index (χ4n) is 2.02. The van der Waals surface area contributed by atoms with E-state index in [0.29, 0.717) is 5.82 Å². The van der Waals surface area contributed by atoms with Crippen molar-refractivity contribution >= 4 is 11.8 Å². The zero-order valence-corrected chi connectivity index (χ0v) is 9.67. The highest BCUT2D eigenvalue weighted by Gasteiger charge is 2.25. The number of aromatic nitrogens is 2. The largest absolute Gasteiger partial charge is 0.464 e. The molecule has 1 fully saturated rings. The smallest absolute Gasteiger partial charge is 0.358 e. The Hall–Kier alpha value is -1.69. The molecule has 0 spiro atoms. The van der Waals surface area contributed by atoms with Crippen molar-refractivity contribution in [2.45, 2.75) is 18.9 Å². The number of carbonyl (C=O) groups excluding carboxylic acids is 1. The minimum absolute atomic E-state index is 0.105. The van der Waals surface area contributed by atoms with Crippen LogP contribution in [-0.4, -0.2) is 47.6 Å². The number of ether oxygens (including phenoxy) is 1. The second-order valence-corrected chi connectivity index (χ2v) is 3.94. The summed E-state index contributed by atoms with van der Waals surface area (Å²) in [6.45, 7) is 0.970. The van der Waals surface area contributed by atoms with E-state index < -0.39 is 5.97 Å². The van der Waals surface area contributed by atoms with Crippen LogP contribution in [0.15, 0.2) is 12.1 Å². The van der Waals surface area contributed by atoms with E-state index in [4.69, 9.17) is 0 Å². The zero-order valence-electron chi connectivity index (χ0n) is 9.67. The maximum Gasteiger partial charge on any atom is 0.358 e. The first-order valence-corrected chi connectivity index (χ1v) is 5.56. The molecule has 2 rings (SSSR count). The number of carbonyl (C=O) groups is 1. The topological polar surface area (TPSA) is 75.5 Å². The molecule has 1 N–H and O–H groups in total. The number of aliphatic hydroxyl groups is 1. The molecule has 0 aromatic carbocycles. The number of aliphatic hydroxyl groups excluding tert-OH is 1. The van der Waals surface area contributed by atoms with Crippen molar-refractivity contribution in [2.24, 2.45) is 0 Å². The Bertz CT molecular complexity index is 393. The third-order valence-electron chi connectivity index (χ3n) is 2.93. The van der Waals surface area contributed by atoms with Crippen molar-refractivity contribution in [2.75, 3.05) is 25.2 Å². The first-order chi connectivity index (χ1) is 8.26. The molecule has 1 aliphatic heterocycles. The highest BCUT2D eigenvalue weighted by molar-refractivity contribution is 5.86. The lowest BCUT2D eigenvalue weighted by molar-refractivity contribution is 0.0592. The lowest BCUT2D eigenvalue weighted by Gasteiger charge is -2.23. The predicted molar refractivity (Wildman–Crippen MR) is 60.8 cm³/mol. The first kappa shape index (κ1) is 11.8. The Balaban J connectivity index is 2.15. The lowest BCUT2D eigenvalue weighted by Crippen LogP contribution is -2.33. The molecular formula is C11H15N3O3. The van der Waals surface area contributed by atoms with Crippen LogP contribution in [0.3, 0.4) is 0 Å². The van der Waals surface area contributed by atoms with Gasteiger partial charge < -0.3 is 14.7 Å². The van der Waals surface area contributed by atoms with Crippen molar-refractivity contribution in [3.05, 3.63) is 17.8 Å². The Kier molecular flexibility index (Phi) is 3.53. The van der Waals surface area contributed by atoms with Gasteiger partial charge in [0.1, 0.15) is 0 Å². The molecule has 1 atom stereocenters. The van der Waals surface area contributed by atoms with E-state index >= 15 is 0 Å². The van der Waals surface area contributed by atoms with Crippen molar-refractivity contribution in [3.8, 4) is 0 Å². The van der Waals surface area contributed by atoms with Crippen LogP contribution >= 0.6 is 0 Å². The molecule has 1 aromatic rings. The zero-order chi connectivity index (χ0) is 12.3. The van der Waals surface area contributed by atoms with Crippen molar-refractivity contribution in [3.63, 3.8) is 0 Å². The summed E-state index contributed by atoms with van der Waals surface area (Å²) in [7, 11) is 1.31. The average Bonchev–Trinajstić information content (AvgIpc) is 2.86. The van der Waals surface area contributed by atoms with Crippen molar-refractivity contribution in [1.82, 2.24) is 10.2 Å². The Morgan fingerprint density at radius 3 is 3.00 bits per heavy atom. The van der Waals surface area contributed by atoms with Gasteiger partial charge in [-0.1, -0.05) is 0 Å². The van der Waals surface area contributed by atoms with Crippen LogP contribution < -0.4 is 4.90 Å². The van der Waals surface area contributed by atoms with Crippen molar-refractivity contribution in [1.29, 1.82) is 0 Å². The molecular weight excluding hydrogens is 222 g/mol. The van der Waals surface area contributed by atoms with Gasteiger partial charge in [-0.25, -0.2) is 4.79 Å². The van der Waals surface area contributed by atoms with Gasteiger partial charge in [-0.3, -0.25) is 0 Å². The molecule has 1 aliphatic rings. The molecule has 0 radical (unpaired) electrons. The lowest BCUT2D eigenvalue weighted by atomic mass is 10.2. The van der Waals surface area contributed by atoms with Crippen LogP contribution in [0.1, 0.15) is 23.3 Å². The quantitative estimate of drug-likeness (QED) is 0.758. The van der Waals surface area contributed by atoms with Crippen LogP contribution in [0.5, 0.6) is 0 Å². The molecule has 1 unspecified atom stereocenters. The van der Waals surface area contributed by atoms with Gasteiger partial charge in [0, 0.05) is 6.54 Å². The fraction of sp³-hybridized carbons (Fsp3) is 0.545. The van der Waals surface area contributed by atoms with Crippen LogP contribution in [0.2, 0.25) is 0 Å². The maximum absolute atomic E-state index is 11.2. The standard InChI is InChI=1S/C11H15N3O3/c1-17-11(16)9-4-5-10(13-12-9)14-6-2-3-8(14)7-15/h4-5,8,15H,2-3,6-7H2,1H3. The Morgan fingerprint density at radius 2 is 2.41 bits per heavy atom. The molecule has 0 bridgehead atoms. The molecule has 6 heteroatoms. The highest BCUT2D eigenvalue weighted by atomic mass is 16.5. The SMILES string of the molecule is COC(=O)c1ccc(N2CCCC2CO)nn1. The van der Waals surface area contributed by atoms with E-state index in [1.54, 1.807) is 12.1 Å². The first-order valence-electron chi connectivity index (χ1n) is 5.56. The summed E-state index contributed by atoms with van der Waals surface area (Å²) in [6.07, 6.45) is 1.99. The van der Waals surface area contributed by atoms with E-state index in [9.17, 15) is 9.90 Å². The fourth-order valence-corrected chi connectivity index (χ4v) is 2.02. The monoisotopic (exact) mass is 237 g/mol. The Morgan fingerprint density at radius 1 is 1.59 bits per heavy atom. The molecule has 6 nitrogen and oxygen atoms in total. The second kappa shape index (κ2) is 5.09. The molecule has 0 aliphatic carbocycles. The summed E-state index contributed by atoms with van der Waals surface area (Å²) in [5, 5.41) is 17.0. The van der Waals surface area contributed by atoms with Crippen LogP contribution in [0.4, 0.5) is 5.82 Å². The van der Waals surface area contributed by atoms with Gasteiger partial charge in [-0.15, -0.1) is 10.2 Å². The number of methoxy groups -OCH3 is 1. The summed E-state index contributed by atoms with van der Waals surface area (Å²) in [4.78, 5) is 13.2. The second-order valence-electron chi connectivity index (χ2n) is 3.94. The predicted octanol–water partition coefficient (Wildman–Crippen LogP) is 0.224. The van der Waals surface area contributed by atoms with E-state index in [1.165, 1.54) is 7.11 Å². The summed E-state index contributed by atoms with van der Waals surface area (Å²) in [5.41, 5.74) is 0.191. The molecule has 2 heterocycles. The molecule has 92 valence electrons. The number of hydrogen-bond acceptors (Lipinski definition) is 6. The number of anilines is 1. The van der Waals surface area contributed by atoms with Gasteiger partial charge in [0.25, 0.3) is 0 Å². The minimum Gasteiger partial charge on any atom is -0.464 e. The normalized spacial score (nSPS) is 19.4. The van der Waals surface area contributed by atoms with Crippen molar-refractivity contribution < 1.29 is 14.6 Å². The van der Waals surface area contributed by atoms with Gasteiger partial charge in [-0.05, 0) is 25.0 Å². The van der Waals surface area contributed by atoms with Crippen LogP contribution in [-0.2, 0) is 4.74 Å². The molecule has 17 heavy (non-hydrogen) atoms. The maximum atomic E-state index is 11.2. The summed E-state index contributed by atoms with van der Waals surface area (Å²) in [5.74, 6) is 0.193. The van der Waals surface area contributed by atoms with E-state index in [2.05, 4.69) is 14.9 Å². The number of esters is 1. The Labute approximate surface area is 99.2 Å². The van der Waals surface area contributed by atoms with Gasteiger partial charge in [-0.2, -0.15) is 0 Å².